The van der Waals surface area contributed by atoms with Gasteiger partial charge in [0.25, 0.3) is 5.91 Å². The highest BCUT2D eigenvalue weighted by atomic mass is 16.5. The third-order valence-electron chi connectivity index (χ3n) is 4.96. The van der Waals surface area contributed by atoms with Gasteiger partial charge < -0.3 is 20.1 Å². The number of carbonyl (C=O) groups excluding carboxylic acids is 1. The Bertz CT molecular complexity index is 1120. The Hall–Kier alpha value is -3.81. The number of rotatable bonds is 5. The van der Waals surface area contributed by atoms with Crippen LogP contribution in [0, 0.1) is 6.92 Å². The van der Waals surface area contributed by atoms with Crippen molar-refractivity contribution in [1.29, 1.82) is 0 Å². The second-order valence-electron chi connectivity index (χ2n) is 6.93. The molecule has 8 heteroatoms. The van der Waals surface area contributed by atoms with Crippen LogP contribution in [-0.2, 0) is 4.79 Å². The smallest absolute Gasteiger partial charge is 0.255 e. The van der Waals surface area contributed by atoms with Crippen molar-refractivity contribution in [1.82, 2.24) is 14.8 Å². The van der Waals surface area contributed by atoms with Crippen molar-refractivity contribution in [3.63, 3.8) is 0 Å². The molecule has 0 bridgehead atoms. The Morgan fingerprint density at radius 1 is 1.07 bits per heavy atom. The Morgan fingerprint density at radius 3 is 2.50 bits per heavy atom. The molecule has 2 heterocycles. The minimum atomic E-state index is -0.481. The molecule has 1 aromatic heterocycles. The average Bonchev–Trinajstić information content (AvgIpc) is 3.12. The van der Waals surface area contributed by atoms with Crippen LogP contribution >= 0.6 is 0 Å². The number of fused-ring (bicyclic) bond motifs is 1. The SMILES string of the molecule is COc1ccc(C2C(C(=O)Nc3ccccc3)=C(C)Nc3nc(C)nn32)cc1OC. The van der Waals surface area contributed by atoms with E-state index in [0.717, 1.165) is 11.3 Å². The molecule has 1 atom stereocenters. The number of methoxy groups -OCH3 is 2. The molecular formula is C22H23N5O3. The van der Waals surface area contributed by atoms with E-state index in [1.807, 2.05) is 62.4 Å². The number of anilines is 2. The third-order valence-corrected chi connectivity index (χ3v) is 4.96. The summed E-state index contributed by atoms with van der Waals surface area (Å²) in [6.45, 7) is 3.68. The maximum Gasteiger partial charge on any atom is 0.255 e. The van der Waals surface area contributed by atoms with Crippen molar-refractivity contribution < 1.29 is 14.3 Å². The van der Waals surface area contributed by atoms with Crippen molar-refractivity contribution in [3.8, 4) is 11.5 Å². The van der Waals surface area contributed by atoms with Gasteiger partial charge in [-0.2, -0.15) is 10.1 Å². The monoisotopic (exact) mass is 405 g/mol. The molecule has 8 nitrogen and oxygen atoms in total. The first-order chi connectivity index (χ1) is 14.5. The van der Waals surface area contributed by atoms with Crippen LogP contribution in [0.5, 0.6) is 11.5 Å². The molecule has 2 aromatic carbocycles. The largest absolute Gasteiger partial charge is 0.493 e. The number of nitrogens with one attached hydrogen (secondary N) is 2. The topological polar surface area (TPSA) is 90.3 Å². The first-order valence-corrected chi connectivity index (χ1v) is 9.51. The highest BCUT2D eigenvalue weighted by molar-refractivity contribution is 6.06. The van der Waals surface area contributed by atoms with Crippen molar-refractivity contribution in [3.05, 3.63) is 71.2 Å². The van der Waals surface area contributed by atoms with Crippen LogP contribution in [0.1, 0.15) is 24.4 Å². The van der Waals surface area contributed by atoms with E-state index >= 15 is 0 Å². The van der Waals surface area contributed by atoms with Gasteiger partial charge in [0, 0.05) is 11.4 Å². The maximum absolute atomic E-state index is 13.3. The highest BCUT2D eigenvalue weighted by Gasteiger charge is 2.34. The molecule has 0 saturated heterocycles. The van der Waals surface area contributed by atoms with Gasteiger partial charge in [0.15, 0.2) is 11.5 Å². The lowest BCUT2D eigenvalue weighted by molar-refractivity contribution is -0.113. The molecule has 1 aliphatic heterocycles. The normalized spacial score (nSPS) is 15.3. The number of amides is 1. The summed E-state index contributed by atoms with van der Waals surface area (Å²) in [7, 11) is 3.17. The van der Waals surface area contributed by atoms with Crippen LogP contribution in [0.15, 0.2) is 59.8 Å². The predicted molar refractivity (Wildman–Crippen MR) is 114 cm³/mol. The molecule has 0 aliphatic carbocycles. The summed E-state index contributed by atoms with van der Waals surface area (Å²) in [6, 6.07) is 14.5. The fourth-order valence-corrected chi connectivity index (χ4v) is 3.60. The molecule has 0 spiro atoms. The van der Waals surface area contributed by atoms with Gasteiger partial charge in [0.2, 0.25) is 5.95 Å². The van der Waals surface area contributed by atoms with Gasteiger partial charge in [-0.15, -0.1) is 0 Å². The highest BCUT2D eigenvalue weighted by Crippen LogP contribution is 2.39. The molecule has 1 aliphatic rings. The molecule has 3 aromatic rings. The lowest BCUT2D eigenvalue weighted by Gasteiger charge is -2.29. The zero-order valence-electron chi connectivity index (χ0n) is 17.3. The number of hydrogen-bond acceptors (Lipinski definition) is 6. The first kappa shape index (κ1) is 19.5. The first-order valence-electron chi connectivity index (χ1n) is 9.51. The number of allylic oxidation sites excluding steroid dienone is 1. The fraction of sp³-hybridized carbons (Fsp3) is 0.227. The molecule has 30 heavy (non-hydrogen) atoms. The average molecular weight is 405 g/mol. The van der Waals surface area contributed by atoms with Gasteiger partial charge in [0.1, 0.15) is 11.9 Å². The molecule has 154 valence electrons. The quantitative estimate of drug-likeness (QED) is 0.675. The molecule has 0 radical (unpaired) electrons. The standard InChI is InChI=1S/C22H23N5O3/c1-13-19(21(28)25-16-8-6-5-7-9-16)20(27-22(23-13)24-14(2)26-27)15-10-11-17(29-3)18(12-15)30-4/h5-12,20H,1-4H3,(H,25,28)(H,23,24,26). The van der Waals surface area contributed by atoms with Crippen molar-refractivity contribution in [2.24, 2.45) is 0 Å². The lowest BCUT2D eigenvalue weighted by atomic mass is 9.94. The molecular weight excluding hydrogens is 382 g/mol. The van der Waals surface area contributed by atoms with Crippen LogP contribution in [0.25, 0.3) is 0 Å². The number of aromatic nitrogens is 3. The van der Waals surface area contributed by atoms with E-state index in [4.69, 9.17) is 9.47 Å². The number of hydrogen-bond donors (Lipinski definition) is 2. The number of benzene rings is 2. The zero-order chi connectivity index (χ0) is 21.3. The van der Waals surface area contributed by atoms with E-state index < -0.39 is 6.04 Å². The number of aryl methyl sites for hydroxylation is 1. The molecule has 1 unspecified atom stereocenters. The molecule has 1 amide bonds. The van der Waals surface area contributed by atoms with E-state index in [1.165, 1.54) is 0 Å². The molecule has 2 N–H and O–H groups in total. The van der Waals surface area contributed by atoms with E-state index in [1.54, 1.807) is 18.9 Å². The lowest BCUT2D eigenvalue weighted by Crippen LogP contribution is -2.31. The summed E-state index contributed by atoms with van der Waals surface area (Å²) in [5, 5.41) is 10.7. The van der Waals surface area contributed by atoms with Gasteiger partial charge in [-0.05, 0) is 43.7 Å². The fourth-order valence-electron chi connectivity index (χ4n) is 3.60. The Kier molecular flexibility index (Phi) is 5.14. The Balaban J connectivity index is 1.82. The maximum atomic E-state index is 13.3. The van der Waals surface area contributed by atoms with Crippen LogP contribution in [0.4, 0.5) is 11.6 Å². The van der Waals surface area contributed by atoms with Crippen LogP contribution < -0.4 is 20.1 Å². The van der Waals surface area contributed by atoms with E-state index in [9.17, 15) is 4.79 Å². The number of para-hydroxylation sites is 1. The number of nitrogens with zero attached hydrogens (tertiary/aromatic N) is 3. The summed E-state index contributed by atoms with van der Waals surface area (Å²) in [5.41, 5.74) is 2.80. The summed E-state index contributed by atoms with van der Waals surface area (Å²) in [4.78, 5) is 17.8. The number of ether oxygens (including phenoxy) is 2. The van der Waals surface area contributed by atoms with Gasteiger partial charge in [0.05, 0.1) is 19.8 Å². The van der Waals surface area contributed by atoms with Crippen LogP contribution in [-0.4, -0.2) is 34.9 Å². The summed E-state index contributed by atoms with van der Waals surface area (Å²) < 4.78 is 12.6. The van der Waals surface area contributed by atoms with Crippen molar-refractivity contribution in [2.45, 2.75) is 19.9 Å². The van der Waals surface area contributed by atoms with Crippen molar-refractivity contribution in [2.75, 3.05) is 24.9 Å². The van der Waals surface area contributed by atoms with Gasteiger partial charge in [-0.25, -0.2) is 4.68 Å². The Morgan fingerprint density at radius 2 is 1.80 bits per heavy atom. The number of carbonyl (C=O) groups is 1. The molecule has 0 saturated carbocycles. The second-order valence-corrected chi connectivity index (χ2v) is 6.93. The third kappa shape index (κ3) is 3.47. The van der Waals surface area contributed by atoms with E-state index in [-0.39, 0.29) is 5.91 Å². The predicted octanol–water partition coefficient (Wildman–Crippen LogP) is 3.53. The van der Waals surface area contributed by atoms with Crippen molar-refractivity contribution >= 4 is 17.5 Å². The molecule has 0 fully saturated rings. The Labute approximate surface area is 174 Å². The zero-order valence-corrected chi connectivity index (χ0v) is 17.3. The van der Waals surface area contributed by atoms with E-state index in [0.29, 0.717) is 34.5 Å². The van der Waals surface area contributed by atoms with Crippen LogP contribution in [0.3, 0.4) is 0 Å². The minimum Gasteiger partial charge on any atom is -0.493 e. The van der Waals surface area contributed by atoms with Gasteiger partial charge >= 0.3 is 0 Å². The molecule has 4 rings (SSSR count). The summed E-state index contributed by atoms with van der Waals surface area (Å²) >= 11 is 0. The summed E-state index contributed by atoms with van der Waals surface area (Å²) in [6.07, 6.45) is 0. The van der Waals surface area contributed by atoms with E-state index in [2.05, 4.69) is 20.7 Å². The summed E-state index contributed by atoms with van der Waals surface area (Å²) in [5.74, 6) is 2.17. The van der Waals surface area contributed by atoms with Crippen LogP contribution in [0.2, 0.25) is 0 Å². The minimum absolute atomic E-state index is 0.218. The van der Waals surface area contributed by atoms with Gasteiger partial charge in [-0.3, -0.25) is 4.79 Å². The van der Waals surface area contributed by atoms with Gasteiger partial charge in [-0.1, -0.05) is 24.3 Å². The second kappa shape index (κ2) is 7.90.